The molecule has 4 aromatic rings. The number of nitrogens with zero attached hydrogens (tertiary/aromatic N) is 1. The normalized spacial score (nSPS) is 12.4. The number of fused-ring (bicyclic) bond motifs is 1. The summed E-state index contributed by atoms with van der Waals surface area (Å²) < 4.78 is 16.2. The van der Waals surface area contributed by atoms with Crippen LogP contribution in [0.15, 0.2) is 97.1 Å². The zero-order chi connectivity index (χ0) is 28.6. The lowest BCUT2D eigenvalue weighted by Gasteiger charge is -2.32. The lowest BCUT2D eigenvalue weighted by atomic mass is 10.0. The van der Waals surface area contributed by atoms with Gasteiger partial charge in [-0.25, -0.2) is 0 Å². The molecule has 7 nitrogen and oxygen atoms in total. The van der Waals surface area contributed by atoms with Crippen LogP contribution in [0.25, 0.3) is 0 Å². The van der Waals surface area contributed by atoms with Gasteiger partial charge in [0.1, 0.15) is 11.8 Å². The number of benzene rings is 4. The van der Waals surface area contributed by atoms with E-state index in [1.165, 1.54) is 0 Å². The number of methoxy groups -OCH3 is 1. The largest absolute Gasteiger partial charge is 0.497 e. The molecule has 4 aromatic carbocycles. The molecule has 8 heteroatoms. The molecule has 0 saturated heterocycles. The van der Waals surface area contributed by atoms with E-state index in [-0.39, 0.29) is 38.1 Å². The molecule has 41 heavy (non-hydrogen) atoms. The first-order chi connectivity index (χ1) is 20.0. The molecular weight excluding hydrogens is 540 g/mol. The van der Waals surface area contributed by atoms with Gasteiger partial charge in [0.15, 0.2) is 11.5 Å². The maximum absolute atomic E-state index is 13.9. The third kappa shape index (κ3) is 7.38. The highest BCUT2D eigenvalue weighted by atomic mass is 35.5. The summed E-state index contributed by atoms with van der Waals surface area (Å²) in [6, 6.07) is 29.2. The molecule has 0 bridgehead atoms. The second-order valence-electron chi connectivity index (χ2n) is 9.78. The van der Waals surface area contributed by atoms with Crippen molar-refractivity contribution >= 4 is 23.4 Å². The Morgan fingerprint density at radius 2 is 1.54 bits per heavy atom. The molecular formula is C33H31ClN2O5. The fraction of sp³-hybridized carbons (Fsp3) is 0.212. The SMILES string of the molecule is COc1ccc(CN(C(=O)Cc2ccc(Cl)cc2)[C@@H](Cc2ccccc2)C(=O)NCc2ccc3c(c2)OCO3)cc1. The first kappa shape index (κ1) is 28.1. The standard InChI is InChI=1S/C33H31ClN2O5/c1-39-28-14-9-25(10-15-28)21-36(32(37)19-24-7-12-27(34)13-8-24)29(17-23-5-3-2-4-6-23)33(38)35-20-26-11-16-30-31(18-26)41-22-40-30/h2-16,18,29H,17,19-22H2,1H3,(H,35,38)/t29-/m0/s1. The Bertz CT molecular complexity index is 1480. The lowest BCUT2D eigenvalue weighted by Crippen LogP contribution is -2.50. The quantitative estimate of drug-likeness (QED) is 0.255. The molecule has 1 atom stereocenters. The van der Waals surface area contributed by atoms with E-state index >= 15 is 0 Å². The van der Waals surface area contributed by atoms with E-state index in [4.69, 9.17) is 25.8 Å². The molecule has 210 valence electrons. The van der Waals surface area contributed by atoms with Crippen LogP contribution in [-0.4, -0.2) is 36.7 Å². The van der Waals surface area contributed by atoms with Gasteiger partial charge in [-0.2, -0.15) is 0 Å². The first-order valence-corrected chi connectivity index (χ1v) is 13.7. The number of rotatable bonds is 11. The monoisotopic (exact) mass is 570 g/mol. The summed E-state index contributed by atoms with van der Waals surface area (Å²) in [7, 11) is 1.61. The smallest absolute Gasteiger partial charge is 0.243 e. The highest BCUT2D eigenvalue weighted by molar-refractivity contribution is 6.30. The molecule has 0 radical (unpaired) electrons. The lowest BCUT2D eigenvalue weighted by molar-refractivity contribution is -0.140. The number of carbonyl (C=O) groups excluding carboxylic acids is 2. The zero-order valence-corrected chi connectivity index (χ0v) is 23.5. The van der Waals surface area contributed by atoms with Crippen LogP contribution in [0.5, 0.6) is 17.2 Å². The van der Waals surface area contributed by atoms with Crippen molar-refractivity contribution in [1.29, 1.82) is 0 Å². The summed E-state index contributed by atoms with van der Waals surface area (Å²) in [6.07, 6.45) is 0.490. The summed E-state index contributed by atoms with van der Waals surface area (Å²) >= 11 is 6.07. The summed E-state index contributed by atoms with van der Waals surface area (Å²) in [5, 5.41) is 3.65. The van der Waals surface area contributed by atoms with Gasteiger partial charge in [0.25, 0.3) is 0 Å². The molecule has 2 amide bonds. The predicted octanol–water partition coefficient (Wildman–Crippen LogP) is 5.58. The van der Waals surface area contributed by atoms with Gasteiger partial charge in [0.2, 0.25) is 18.6 Å². The van der Waals surface area contributed by atoms with Crippen LogP contribution in [0.1, 0.15) is 22.3 Å². The predicted molar refractivity (Wildman–Crippen MR) is 157 cm³/mol. The molecule has 0 aromatic heterocycles. The van der Waals surface area contributed by atoms with Gasteiger partial charge in [-0.3, -0.25) is 9.59 Å². The Kier molecular flexibility index (Phi) is 9.06. The van der Waals surface area contributed by atoms with E-state index < -0.39 is 6.04 Å². The van der Waals surface area contributed by atoms with Crippen LogP contribution in [0, 0.1) is 0 Å². The van der Waals surface area contributed by atoms with Crippen LogP contribution in [0.2, 0.25) is 5.02 Å². The number of hydrogen-bond acceptors (Lipinski definition) is 5. The second kappa shape index (κ2) is 13.2. The first-order valence-electron chi connectivity index (χ1n) is 13.4. The van der Waals surface area contributed by atoms with E-state index in [9.17, 15) is 9.59 Å². The van der Waals surface area contributed by atoms with Crippen LogP contribution < -0.4 is 19.5 Å². The molecule has 0 fully saturated rings. The van der Waals surface area contributed by atoms with Gasteiger partial charge in [0.05, 0.1) is 13.5 Å². The van der Waals surface area contributed by atoms with Gasteiger partial charge < -0.3 is 24.4 Å². The molecule has 0 saturated carbocycles. The number of carbonyl (C=O) groups is 2. The van der Waals surface area contributed by atoms with Crippen molar-refractivity contribution in [1.82, 2.24) is 10.2 Å². The van der Waals surface area contributed by atoms with Crippen molar-refractivity contribution in [2.45, 2.75) is 32.0 Å². The van der Waals surface area contributed by atoms with Crippen molar-refractivity contribution in [3.63, 3.8) is 0 Å². The number of amides is 2. The minimum absolute atomic E-state index is 0.133. The van der Waals surface area contributed by atoms with E-state index in [0.29, 0.717) is 22.9 Å². The Labute approximate surface area is 244 Å². The van der Waals surface area contributed by atoms with Crippen molar-refractivity contribution in [3.8, 4) is 17.2 Å². The molecule has 1 aliphatic rings. The average Bonchev–Trinajstić information content (AvgIpc) is 3.48. The maximum atomic E-state index is 13.9. The summed E-state index contributed by atoms with van der Waals surface area (Å²) in [4.78, 5) is 29.5. The molecule has 0 aliphatic carbocycles. The molecule has 1 aliphatic heterocycles. The number of halogens is 1. The highest BCUT2D eigenvalue weighted by Crippen LogP contribution is 2.32. The van der Waals surface area contributed by atoms with Gasteiger partial charge in [-0.15, -0.1) is 0 Å². The molecule has 0 unspecified atom stereocenters. The Hall–Kier alpha value is -4.49. The van der Waals surface area contributed by atoms with Crippen molar-refractivity contribution in [3.05, 3.63) is 124 Å². The van der Waals surface area contributed by atoms with Crippen LogP contribution >= 0.6 is 11.6 Å². The fourth-order valence-corrected chi connectivity index (χ4v) is 4.84. The fourth-order valence-electron chi connectivity index (χ4n) is 4.72. The highest BCUT2D eigenvalue weighted by Gasteiger charge is 2.30. The summed E-state index contributed by atoms with van der Waals surface area (Å²) in [6.45, 7) is 0.716. The van der Waals surface area contributed by atoms with E-state index in [1.807, 2.05) is 84.9 Å². The maximum Gasteiger partial charge on any atom is 0.243 e. The number of ether oxygens (including phenoxy) is 3. The minimum atomic E-state index is -0.756. The third-order valence-corrected chi connectivity index (χ3v) is 7.21. The van der Waals surface area contributed by atoms with Crippen LogP contribution in [0.3, 0.4) is 0 Å². The van der Waals surface area contributed by atoms with Crippen molar-refractivity contribution < 1.29 is 23.8 Å². The topological polar surface area (TPSA) is 77.1 Å². The minimum Gasteiger partial charge on any atom is -0.497 e. The Morgan fingerprint density at radius 1 is 0.854 bits per heavy atom. The average molecular weight is 571 g/mol. The zero-order valence-electron chi connectivity index (χ0n) is 22.7. The van der Waals surface area contributed by atoms with Crippen LogP contribution in [-0.2, 0) is 35.5 Å². The Balaban J connectivity index is 1.42. The van der Waals surface area contributed by atoms with Crippen molar-refractivity contribution in [2.24, 2.45) is 0 Å². The molecule has 1 heterocycles. The second-order valence-corrected chi connectivity index (χ2v) is 10.2. The van der Waals surface area contributed by atoms with Gasteiger partial charge in [-0.1, -0.05) is 72.3 Å². The third-order valence-electron chi connectivity index (χ3n) is 6.96. The van der Waals surface area contributed by atoms with Crippen LogP contribution in [0.4, 0.5) is 0 Å². The van der Waals surface area contributed by atoms with Gasteiger partial charge >= 0.3 is 0 Å². The number of nitrogens with one attached hydrogen (secondary N) is 1. The van der Waals surface area contributed by atoms with Gasteiger partial charge in [0, 0.05) is 24.5 Å². The van der Waals surface area contributed by atoms with Crippen molar-refractivity contribution in [2.75, 3.05) is 13.9 Å². The summed E-state index contributed by atoms with van der Waals surface area (Å²) in [5.41, 5.74) is 3.53. The number of hydrogen-bond donors (Lipinski definition) is 1. The molecule has 5 rings (SSSR count). The molecule has 0 spiro atoms. The Morgan fingerprint density at radius 3 is 2.27 bits per heavy atom. The summed E-state index contributed by atoms with van der Waals surface area (Å²) in [5.74, 6) is 1.64. The van der Waals surface area contributed by atoms with Gasteiger partial charge in [-0.05, 0) is 58.7 Å². The molecule has 1 N–H and O–H groups in total. The van der Waals surface area contributed by atoms with E-state index in [1.54, 1.807) is 24.1 Å². The van der Waals surface area contributed by atoms with E-state index in [2.05, 4.69) is 5.32 Å². The van der Waals surface area contributed by atoms with E-state index in [0.717, 1.165) is 28.0 Å².